The van der Waals surface area contributed by atoms with E-state index in [4.69, 9.17) is 5.84 Å². The van der Waals surface area contributed by atoms with Crippen molar-refractivity contribution in [1.82, 2.24) is 10.3 Å². The maximum Gasteiger partial charge on any atom is 0.416 e. The Bertz CT molecular complexity index is 1200. The first-order chi connectivity index (χ1) is 17.5. The van der Waals surface area contributed by atoms with E-state index in [1.807, 2.05) is 5.43 Å². The molecule has 0 bridgehead atoms. The van der Waals surface area contributed by atoms with E-state index in [0.717, 1.165) is 34.1 Å². The molecule has 0 saturated carbocycles. The van der Waals surface area contributed by atoms with Crippen LogP contribution in [0.4, 0.5) is 42.5 Å². The zero-order valence-electron chi connectivity index (χ0n) is 19.9. The van der Waals surface area contributed by atoms with Gasteiger partial charge in [-0.3, -0.25) is 19.9 Å². The molecular formula is C23H23F6N5O4. The molecule has 1 saturated heterocycles. The minimum absolute atomic E-state index is 0.0929. The van der Waals surface area contributed by atoms with E-state index in [1.165, 1.54) is 13.8 Å². The number of halogens is 6. The summed E-state index contributed by atoms with van der Waals surface area (Å²) >= 11 is 0. The first kappa shape index (κ1) is 28.7. The van der Waals surface area contributed by atoms with Crippen molar-refractivity contribution in [2.75, 3.05) is 16.8 Å². The molecule has 1 heterocycles. The first-order valence-electron chi connectivity index (χ1n) is 10.9. The second-order valence-electron chi connectivity index (χ2n) is 8.96. The molecule has 1 aliphatic heterocycles. The predicted octanol–water partition coefficient (Wildman–Crippen LogP) is 3.10. The van der Waals surface area contributed by atoms with Crippen LogP contribution < -0.4 is 21.5 Å². The van der Waals surface area contributed by atoms with Gasteiger partial charge >= 0.3 is 18.4 Å². The number of carbonyl (C=O) groups excluding carboxylic acids is 3. The highest BCUT2D eigenvalue weighted by molar-refractivity contribution is 6.02. The molecule has 1 fully saturated rings. The Balaban J connectivity index is 1.97. The molecule has 2 aromatic carbocycles. The van der Waals surface area contributed by atoms with Crippen LogP contribution in [0.25, 0.3) is 0 Å². The van der Waals surface area contributed by atoms with Crippen LogP contribution in [0.2, 0.25) is 0 Å². The van der Waals surface area contributed by atoms with Crippen molar-refractivity contribution in [1.29, 1.82) is 0 Å². The summed E-state index contributed by atoms with van der Waals surface area (Å²) in [6.07, 6.45) is -11.3. The summed E-state index contributed by atoms with van der Waals surface area (Å²) < 4.78 is 77.6. The maximum absolute atomic E-state index is 13.3. The molecule has 206 valence electrons. The number of amides is 4. The minimum atomic E-state index is -4.67. The van der Waals surface area contributed by atoms with Gasteiger partial charge in [-0.25, -0.2) is 10.6 Å². The second-order valence-corrected chi connectivity index (χ2v) is 8.96. The van der Waals surface area contributed by atoms with Gasteiger partial charge in [-0.15, -0.1) is 0 Å². The molecule has 3 rings (SSSR count). The number of nitrogens with zero attached hydrogens (tertiary/aromatic N) is 2. The van der Waals surface area contributed by atoms with Crippen LogP contribution in [0.15, 0.2) is 48.5 Å². The Morgan fingerprint density at radius 1 is 0.974 bits per heavy atom. The zero-order chi connectivity index (χ0) is 28.6. The summed E-state index contributed by atoms with van der Waals surface area (Å²) in [5.74, 6) is 3.20. The molecule has 0 spiro atoms. The minimum Gasteiger partial charge on any atom is -0.381 e. The summed E-state index contributed by atoms with van der Waals surface area (Å²) in [5.41, 5.74) is -1.81. The van der Waals surface area contributed by atoms with E-state index in [9.17, 15) is 45.8 Å². The molecule has 2 aromatic rings. The van der Waals surface area contributed by atoms with Gasteiger partial charge < -0.3 is 15.3 Å². The number of aliphatic hydroxyl groups is 1. The highest BCUT2D eigenvalue weighted by atomic mass is 19.4. The molecule has 5 N–H and O–H groups in total. The smallest absolute Gasteiger partial charge is 0.381 e. The van der Waals surface area contributed by atoms with Crippen molar-refractivity contribution in [3.63, 3.8) is 0 Å². The van der Waals surface area contributed by atoms with Crippen LogP contribution in [-0.4, -0.2) is 52.1 Å². The fourth-order valence-electron chi connectivity index (χ4n) is 4.14. The van der Waals surface area contributed by atoms with Crippen LogP contribution in [-0.2, 0) is 21.9 Å². The van der Waals surface area contributed by atoms with Crippen molar-refractivity contribution < 1.29 is 45.8 Å². The molecule has 38 heavy (non-hydrogen) atoms. The number of rotatable bonds is 6. The van der Waals surface area contributed by atoms with Gasteiger partial charge in [-0.1, -0.05) is 0 Å². The number of hydrogen-bond acceptors (Lipinski definition) is 5. The third-order valence-corrected chi connectivity index (χ3v) is 6.12. The summed E-state index contributed by atoms with van der Waals surface area (Å²) in [7, 11) is 0. The number of nitrogens with one attached hydrogen (secondary N) is 2. The molecule has 9 nitrogen and oxygen atoms in total. The molecule has 2 unspecified atom stereocenters. The standard InChI is InChI=1S/C23H23F6N5O4/c1-21(2)18(17(36)19(37)31-14-7-3-12(4-8-14)22(24,25)26)34(20(38)33(21)11-16(35)32-30)15-9-5-13(6-10-15)23(27,28)29/h3-10,17-18,36H,11,30H2,1-2H3,(H,31,37)(H,32,35). The molecule has 0 radical (unpaired) electrons. The number of carbonyl (C=O) groups is 3. The fourth-order valence-corrected chi connectivity index (χ4v) is 4.14. The van der Waals surface area contributed by atoms with Gasteiger partial charge in [0.15, 0.2) is 6.10 Å². The lowest BCUT2D eigenvalue weighted by Crippen LogP contribution is -2.57. The number of hydrazine groups is 1. The topological polar surface area (TPSA) is 128 Å². The lowest BCUT2D eigenvalue weighted by Gasteiger charge is -2.36. The van der Waals surface area contributed by atoms with Gasteiger partial charge in [0, 0.05) is 11.4 Å². The van der Waals surface area contributed by atoms with Gasteiger partial charge in [0.25, 0.3) is 11.8 Å². The number of aliphatic hydroxyl groups excluding tert-OH is 1. The largest absolute Gasteiger partial charge is 0.416 e. The Kier molecular flexibility index (Phi) is 7.66. The molecular weight excluding hydrogens is 524 g/mol. The zero-order valence-corrected chi connectivity index (χ0v) is 19.9. The van der Waals surface area contributed by atoms with Crippen LogP contribution in [0.3, 0.4) is 0 Å². The van der Waals surface area contributed by atoms with Crippen molar-refractivity contribution >= 4 is 29.2 Å². The van der Waals surface area contributed by atoms with Crippen LogP contribution in [0.1, 0.15) is 25.0 Å². The highest BCUT2D eigenvalue weighted by Gasteiger charge is 2.56. The molecule has 15 heteroatoms. The van der Waals surface area contributed by atoms with Crippen LogP contribution in [0, 0.1) is 0 Å². The lowest BCUT2D eigenvalue weighted by atomic mass is 9.88. The monoisotopic (exact) mass is 547 g/mol. The van der Waals surface area contributed by atoms with Crippen LogP contribution in [0.5, 0.6) is 0 Å². The fraction of sp³-hybridized carbons (Fsp3) is 0.348. The average molecular weight is 547 g/mol. The SMILES string of the molecule is CC1(C)C(C(O)C(=O)Nc2ccc(C(F)(F)F)cc2)N(c2ccc(C(F)(F)F)cc2)C(=O)N1CC(=O)NN. The number of anilines is 2. The summed E-state index contributed by atoms with van der Waals surface area (Å²) in [5, 5.41) is 13.3. The maximum atomic E-state index is 13.3. The van der Waals surface area contributed by atoms with Gasteiger partial charge in [0.2, 0.25) is 0 Å². The normalized spacial score (nSPS) is 18.4. The summed E-state index contributed by atoms with van der Waals surface area (Å²) in [4.78, 5) is 40.1. The summed E-state index contributed by atoms with van der Waals surface area (Å²) in [6.45, 7) is 2.22. The van der Waals surface area contributed by atoms with Crippen molar-refractivity contribution in [3.05, 3.63) is 59.7 Å². The second kappa shape index (κ2) is 10.1. The quantitative estimate of drug-likeness (QED) is 0.191. The predicted molar refractivity (Wildman–Crippen MR) is 122 cm³/mol. The van der Waals surface area contributed by atoms with E-state index in [1.54, 1.807) is 0 Å². The molecule has 0 aliphatic carbocycles. The molecule has 4 amide bonds. The molecule has 2 atom stereocenters. The average Bonchev–Trinajstić information content (AvgIpc) is 3.02. The Labute approximate surface area is 212 Å². The number of nitrogens with two attached hydrogens (primary N) is 1. The van der Waals surface area contributed by atoms with Crippen molar-refractivity contribution in [2.45, 2.75) is 43.9 Å². The van der Waals surface area contributed by atoms with E-state index >= 15 is 0 Å². The number of benzene rings is 2. The number of hydrogen-bond donors (Lipinski definition) is 4. The third kappa shape index (κ3) is 5.67. The highest BCUT2D eigenvalue weighted by Crippen LogP contribution is 2.39. The molecule has 1 aliphatic rings. The molecule has 0 aromatic heterocycles. The van der Waals surface area contributed by atoms with E-state index in [0.29, 0.717) is 24.3 Å². The summed E-state index contributed by atoms with van der Waals surface area (Å²) in [6, 6.07) is 4.34. The van der Waals surface area contributed by atoms with E-state index in [2.05, 4.69) is 5.32 Å². The van der Waals surface area contributed by atoms with Gasteiger partial charge in [-0.2, -0.15) is 26.3 Å². The van der Waals surface area contributed by atoms with Gasteiger partial charge in [0.05, 0.1) is 22.7 Å². The number of alkyl halides is 6. The van der Waals surface area contributed by atoms with Gasteiger partial charge in [0.1, 0.15) is 6.54 Å². The lowest BCUT2D eigenvalue weighted by molar-refractivity contribution is -0.138. The van der Waals surface area contributed by atoms with Crippen LogP contribution >= 0.6 is 0 Å². The van der Waals surface area contributed by atoms with E-state index < -0.39 is 65.6 Å². The Morgan fingerprint density at radius 2 is 1.45 bits per heavy atom. The Hall–Kier alpha value is -3.85. The third-order valence-electron chi connectivity index (χ3n) is 6.12. The van der Waals surface area contributed by atoms with Crippen molar-refractivity contribution in [3.8, 4) is 0 Å². The van der Waals surface area contributed by atoms with Crippen molar-refractivity contribution in [2.24, 2.45) is 5.84 Å². The van der Waals surface area contributed by atoms with E-state index in [-0.39, 0.29) is 11.4 Å². The Morgan fingerprint density at radius 3 is 1.89 bits per heavy atom. The van der Waals surface area contributed by atoms with Gasteiger partial charge in [-0.05, 0) is 62.4 Å². The first-order valence-corrected chi connectivity index (χ1v) is 10.9. The number of urea groups is 1.